The van der Waals surface area contributed by atoms with E-state index in [1.807, 2.05) is 0 Å². The summed E-state index contributed by atoms with van der Waals surface area (Å²) in [7, 11) is 0. The van der Waals surface area contributed by atoms with Gasteiger partial charge in [-0.3, -0.25) is 4.79 Å². The minimum absolute atomic E-state index is 0.0188. The number of hydrogen-bond acceptors (Lipinski definition) is 2. The van der Waals surface area contributed by atoms with Crippen LogP contribution in [0.5, 0.6) is 0 Å². The third-order valence-electron chi connectivity index (χ3n) is 4.86. The summed E-state index contributed by atoms with van der Waals surface area (Å²) in [6.07, 6.45) is 16.5. The van der Waals surface area contributed by atoms with Gasteiger partial charge in [-0.1, -0.05) is 57.6 Å². The predicted octanol–water partition coefficient (Wildman–Crippen LogP) is 4.88. The Balaban J connectivity index is 1.44. The van der Waals surface area contributed by atoms with Crippen molar-refractivity contribution in [1.82, 2.24) is 0 Å². The van der Waals surface area contributed by atoms with Gasteiger partial charge in [0, 0.05) is 6.42 Å². The number of rotatable bonds is 10. The smallest absolute Gasteiger partial charge is 0.305 e. The first-order chi connectivity index (χ1) is 9.79. The number of allylic oxidation sites excluding steroid dienone is 2. The molecule has 0 aliphatic heterocycles. The van der Waals surface area contributed by atoms with E-state index in [1.54, 1.807) is 0 Å². The van der Waals surface area contributed by atoms with Crippen molar-refractivity contribution in [3.8, 4) is 0 Å². The van der Waals surface area contributed by atoms with Crippen LogP contribution in [0.2, 0.25) is 0 Å². The molecule has 114 valence electrons. The van der Waals surface area contributed by atoms with Crippen LogP contribution in [0, 0.1) is 17.8 Å². The summed E-state index contributed by atoms with van der Waals surface area (Å²) < 4.78 is 5.45. The molecule has 0 spiro atoms. The van der Waals surface area contributed by atoms with Gasteiger partial charge in [0.05, 0.1) is 6.61 Å². The zero-order valence-electron chi connectivity index (χ0n) is 13.0. The lowest BCUT2D eigenvalue weighted by Crippen LogP contribution is -2.17. The Morgan fingerprint density at radius 1 is 1.05 bits per heavy atom. The number of unbranched alkanes of at least 4 members (excludes halogenated alkanes) is 6. The van der Waals surface area contributed by atoms with Crippen molar-refractivity contribution >= 4 is 5.97 Å². The summed E-state index contributed by atoms with van der Waals surface area (Å²) in [5, 5.41) is 0. The molecule has 0 aromatic rings. The zero-order chi connectivity index (χ0) is 14.2. The van der Waals surface area contributed by atoms with Gasteiger partial charge in [-0.2, -0.15) is 0 Å². The Hall–Kier alpha value is -0.790. The monoisotopic (exact) mass is 278 g/mol. The lowest BCUT2D eigenvalue weighted by Gasteiger charge is -2.17. The summed E-state index contributed by atoms with van der Waals surface area (Å²) in [6.45, 7) is 2.89. The van der Waals surface area contributed by atoms with Gasteiger partial charge in [0.1, 0.15) is 0 Å². The SMILES string of the molecule is CCCCCCCCCC(=O)OC[C@@H]1C[C@@H]2C=C[C@H]1C2. The number of esters is 1. The minimum Gasteiger partial charge on any atom is -0.465 e. The summed E-state index contributed by atoms with van der Waals surface area (Å²) in [5.74, 6) is 2.08. The van der Waals surface area contributed by atoms with E-state index in [-0.39, 0.29) is 5.97 Å². The fraction of sp³-hybridized carbons (Fsp3) is 0.833. The quantitative estimate of drug-likeness (QED) is 0.323. The Bertz CT molecular complexity index is 321. The van der Waals surface area contributed by atoms with Gasteiger partial charge in [0.15, 0.2) is 0 Å². The summed E-state index contributed by atoms with van der Waals surface area (Å²) in [4.78, 5) is 11.7. The van der Waals surface area contributed by atoms with E-state index in [4.69, 9.17) is 4.74 Å². The molecule has 1 saturated carbocycles. The van der Waals surface area contributed by atoms with Crippen LogP contribution < -0.4 is 0 Å². The van der Waals surface area contributed by atoms with Crippen LogP contribution in [-0.2, 0) is 9.53 Å². The Morgan fingerprint density at radius 3 is 2.45 bits per heavy atom. The lowest BCUT2D eigenvalue weighted by atomic mass is 9.95. The molecule has 0 unspecified atom stereocenters. The van der Waals surface area contributed by atoms with Crippen molar-refractivity contribution in [2.24, 2.45) is 17.8 Å². The van der Waals surface area contributed by atoms with E-state index < -0.39 is 0 Å². The highest BCUT2D eigenvalue weighted by Gasteiger charge is 2.36. The molecule has 0 radical (unpaired) electrons. The summed E-state index contributed by atoms with van der Waals surface area (Å²) in [5.41, 5.74) is 0. The molecule has 2 rings (SSSR count). The highest BCUT2D eigenvalue weighted by atomic mass is 16.5. The average Bonchev–Trinajstić information content (AvgIpc) is 3.06. The molecule has 1 fully saturated rings. The highest BCUT2D eigenvalue weighted by molar-refractivity contribution is 5.69. The molecule has 2 heteroatoms. The van der Waals surface area contributed by atoms with Gasteiger partial charge in [-0.05, 0) is 37.0 Å². The molecule has 0 saturated heterocycles. The van der Waals surface area contributed by atoms with Gasteiger partial charge in [-0.25, -0.2) is 0 Å². The molecule has 20 heavy (non-hydrogen) atoms. The van der Waals surface area contributed by atoms with Crippen molar-refractivity contribution in [3.05, 3.63) is 12.2 Å². The first kappa shape index (κ1) is 15.6. The second-order valence-electron chi connectivity index (χ2n) is 6.59. The van der Waals surface area contributed by atoms with Gasteiger partial charge in [-0.15, -0.1) is 0 Å². The van der Waals surface area contributed by atoms with Crippen LogP contribution in [0.25, 0.3) is 0 Å². The normalized spacial score (nSPS) is 27.1. The standard InChI is InChI=1S/C18H30O2/c1-2-3-4-5-6-7-8-9-18(19)20-14-17-13-15-10-11-16(17)12-15/h10-11,15-17H,2-9,12-14H2,1H3/t15-,16+,17+/m1/s1. The molecule has 2 bridgehead atoms. The minimum atomic E-state index is 0.0188. The molecule has 2 nitrogen and oxygen atoms in total. The number of carbonyl (C=O) groups excluding carboxylic acids is 1. The maximum atomic E-state index is 11.7. The molecule has 2 aliphatic carbocycles. The Kier molecular flexibility index (Phi) is 6.62. The van der Waals surface area contributed by atoms with Gasteiger partial charge >= 0.3 is 5.97 Å². The molecular weight excluding hydrogens is 248 g/mol. The molecule has 3 atom stereocenters. The van der Waals surface area contributed by atoms with Crippen LogP contribution in [0.1, 0.15) is 71.1 Å². The highest BCUT2D eigenvalue weighted by Crippen LogP contribution is 2.43. The largest absolute Gasteiger partial charge is 0.465 e. The molecule has 0 amide bonds. The third-order valence-corrected chi connectivity index (χ3v) is 4.86. The van der Waals surface area contributed by atoms with E-state index in [1.165, 1.54) is 51.4 Å². The Morgan fingerprint density at radius 2 is 1.80 bits per heavy atom. The fourth-order valence-electron chi connectivity index (χ4n) is 3.58. The summed E-state index contributed by atoms with van der Waals surface area (Å²) in [6, 6.07) is 0. The van der Waals surface area contributed by atoms with Gasteiger partial charge in [0.2, 0.25) is 0 Å². The number of ether oxygens (including phenoxy) is 1. The molecule has 0 heterocycles. The van der Waals surface area contributed by atoms with E-state index in [0.29, 0.717) is 24.9 Å². The lowest BCUT2D eigenvalue weighted by molar-refractivity contribution is -0.145. The van der Waals surface area contributed by atoms with Crippen LogP contribution in [0.15, 0.2) is 12.2 Å². The van der Waals surface area contributed by atoms with Crippen LogP contribution in [0.3, 0.4) is 0 Å². The second-order valence-corrected chi connectivity index (χ2v) is 6.59. The first-order valence-corrected chi connectivity index (χ1v) is 8.63. The first-order valence-electron chi connectivity index (χ1n) is 8.63. The molecular formula is C18H30O2. The van der Waals surface area contributed by atoms with Crippen molar-refractivity contribution in [2.75, 3.05) is 6.61 Å². The number of fused-ring (bicyclic) bond motifs is 2. The van der Waals surface area contributed by atoms with Crippen molar-refractivity contribution in [2.45, 2.75) is 71.1 Å². The van der Waals surface area contributed by atoms with Gasteiger partial charge < -0.3 is 4.74 Å². The predicted molar refractivity (Wildman–Crippen MR) is 82.4 cm³/mol. The number of carbonyl (C=O) groups is 1. The zero-order valence-corrected chi connectivity index (χ0v) is 13.0. The van der Waals surface area contributed by atoms with E-state index >= 15 is 0 Å². The molecule has 0 aromatic heterocycles. The van der Waals surface area contributed by atoms with Crippen LogP contribution in [-0.4, -0.2) is 12.6 Å². The topological polar surface area (TPSA) is 26.3 Å². The average molecular weight is 278 g/mol. The fourth-order valence-corrected chi connectivity index (χ4v) is 3.58. The molecule has 0 N–H and O–H groups in total. The number of hydrogen-bond donors (Lipinski definition) is 0. The maximum Gasteiger partial charge on any atom is 0.305 e. The Labute approximate surface area is 124 Å². The van der Waals surface area contributed by atoms with E-state index in [0.717, 1.165) is 12.3 Å². The van der Waals surface area contributed by atoms with Gasteiger partial charge in [0.25, 0.3) is 0 Å². The summed E-state index contributed by atoms with van der Waals surface area (Å²) >= 11 is 0. The van der Waals surface area contributed by atoms with E-state index in [9.17, 15) is 4.79 Å². The van der Waals surface area contributed by atoms with Crippen molar-refractivity contribution < 1.29 is 9.53 Å². The molecule has 2 aliphatic rings. The molecule has 0 aromatic carbocycles. The van der Waals surface area contributed by atoms with Crippen molar-refractivity contribution in [3.63, 3.8) is 0 Å². The van der Waals surface area contributed by atoms with Crippen LogP contribution >= 0.6 is 0 Å². The van der Waals surface area contributed by atoms with E-state index in [2.05, 4.69) is 19.1 Å². The van der Waals surface area contributed by atoms with Crippen LogP contribution in [0.4, 0.5) is 0 Å². The van der Waals surface area contributed by atoms with Crippen molar-refractivity contribution in [1.29, 1.82) is 0 Å². The second kappa shape index (κ2) is 8.49. The maximum absolute atomic E-state index is 11.7. The third kappa shape index (κ3) is 4.96.